The van der Waals surface area contributed by atoms with Crippen LogP contribution in [0.5, 0.6) is 5.75 Å². The highest BCUT2D eigenvalue weighted by atomic mass is 32.1. The Labute approximate surface area is 208 Å². The van der Waals surface area contributed by atoms with Crippen LogP contribution in [0.25, 0.3) is 6.08 Å². The van der Waals surface area contributed by atoms with Crippen LogP contribution >= 0.6 is 11.3 Å². The number of benzene rings is 2. The molecular weight excluding hydrogens is 462 g/mol. The lowest BCUT2D eigenvalue weighted by Gasteiger charge is -2.24. The largest absolute Gasteiger partial charge is 0.494 e. The topological polar surface area (TPSA) is 73.1 Å². The summed E-state index contributed by atoms with van der Waals surface area (Å²) in [7, 11) is 3.97. The molecule has 0 spiro atoms. The Morgan fingerprint density at radius 3 is 2.37 bits per heavy atom. The van der Waals surface area contributed by atoms with Gasteiger partial charge in [0.25, 0.3) is 5.56 Å². The summed E-state index contributed by atoms with van der Waals surface area (Å²) >= 11 is 1.31. The van der Waals surface area contributed by atoms with Crippen molar-refractivity contribution in [2.45, 2.75) is 26.8 Å². The number of hydrogen-bond donors (Lipinski definition) is 0. The molecular formula is C27H29N3O4S. The lowest BCUT2D eigenvalue weighted by atomic mass is 9.96. The predicted octanol–water partition coefficient (Wildman–Crippen LogP) is 3.26. The SMILES string of the molecule is CCOC(=O)C1=C(C)N=c2sc(=Cc3ccc(N(C)C)cc3)c(=O)n2[C@@H]1c1ccc(OCC)cc1. The molecule has 0 saturated heterocycles. The summed E-state index contributed by atoms with van der Waals surface area (Å²) in [6.45, 7) is 6.25. The van der Waals surface area contributed by atoms with E-state index in [9.17, 15) is 9.59 Å². The molecule has 182 valence electrons. The Kier molecular flexibility index (Phi) is 7.21. The van der Waals surface area contributed by atoms with Gasteiger partial charge in [-0.2, -0.15) is 0 Å². The van der Waals surface area contributed by atoms with Crippen LogP contribution in [-0.2, 0) is 9.53 Å². The molecule has 0 aliphatic carbocycles. The maximum atomic E-state index is 13.7. The second-order valence-electron chi connectivity index (χ2n) is 8.29. The van der Waals surface area contributed by atoms with Gasteiger partial charge >= 0.3 is 5.97 Å². The van der Waals surface area contributed by atoms with Crippen LogP contribution in [0.15, 0.2) is 69.6 Å². The smallest absolute Gasteiger partial charge is 0.338 e. The lowest BCUT2D eigenvalue weighted by molar-refractivity contribution is -0.139. The summed E-state index contributed by atoms with van der Waals surface area (Å²) in [6.07, 6.45) is 1.86. The van der Waals surface area contributed by atoms with Crippen LogP contribution in [0.3, 0.4) is 0 Å². The summed E-state index contributed by atoms with van der Waals surface area (Å²) in [5.41, 5.74) is 3.50. The fourth-order valence-electron chi connectivity index (χ4n) is 4.04. The Hall–Kier alpha value is -3.65. The van der Waals surface area contributed by atoms with Crippen molar-refractivity contribution in [1.29, 1.82) is 0 Å². The number of esters is 1. The highest BCUT2D eigenvalue weighted by molar-refractivity contribution is 7.07. The van der Waals surface area contributed by atoms with Gasteiger partial charge in [-0.15, -0.1) is 0 Å². The molecule has 1 aromatic heterocycles. The number of ether oxygens (including phenoxy) is 2. The number of aromatic nitrogens is 1. The Morgan fingerprint density at radius 1 is 1.09 bits per heavy atom. The highest BCUT2D eigenvalue weighted by Crippen LogP contribution is 2.31. The molecule has 2 aromatic carbocycles. The summed E-state index contributed by atoms with van der Waals surface area (Å²) in [6, 6.07) is 14.8. The molecule has 7 nitrogen and oxygen atoms in total. The molecule has 1 aliphatic heterocycles. The van der Waals surface area contributed by atoms with Crippen LogP contribution in [-0.4, -0.2) is 37.8 Å². The Morgan fingerprint density at radius 2 is 1.77 bits per heavy atom. The van der Waals surface area contributed by atoms with E-state index in [4.69, 9.17) is 9.47 Å². The number of hydrogen-bond acceptors (Lipinski definition) is 7. The molecule has 0 N–H and O–H groups in total. The molecule has 0 fully saturated rings. The van der Waals surface area contributed by atoms with Gasteiger partial charge in [-0.25, -0.2) is 9.79 Å². The fraction of sp³-hybridized carbons (Fsp3) is 0.296. The van der Waals surface area contributed by atoms with E-state index in [1.54, 1.807) is 18.4 Å². The zero-order valence-corrected chi connectivity index (χ0v) is 21.4. The Balaban J connectivity index is 1.87. The fourth-order valence-corrected chi connectivity index (χ4v) is 5.09. The van der Waals surface area contributed by atoms with Gasteiger partial charge < -0.3 is 14.4 Å². The van der Waals surface area contributed by atoms with Gasteiger partial charge in [0, 0.05) is 19.8 Å². The molecule has 0 radical (unpaired) electrons. The minimum Gasteiger partial charge on any atom is -0.494 e. The molecule has 8 heteroatoms. The van der Waals surface area contributed by atoms with Gasteiger partial charge in [0.2, 0.25) is 0 Å². The van der Waals surface area contributed by atoms with Gasteiger partial charge in [-0.1, -0.05) is 35.6 Å². The number of nitrogens with zero attached hydrogens (tertiary/aromatic N) is 3. The van der Waals surface area contributed by atoms with E-state index < -0.39 is 12.0 Å². The lowest BCUT2D eigenvalue weighted by Crippen LogP contribution is -2.39. The number of fused-ring (bicyclic) bond motifs is 1. The van der Waals surface area contributed by atoms with Crippen molar-refractivity contribution < 1.29 is 14.3 Å². The van der Waals surface area contributed by atoms with Crippen molar-refractivity contribution in [3.8, 4) is 5.75 Å². The molecule has 1 aliphatic rings. The first-order valence-electron chi connectivity index (χ1n) is 11.5. The van der Waals surface area contributed by atoms with Crippen molar-refractivity contribution in [3.05, 3.63) is 90.6 Å². The monoisotopic (exact) mass is 491 g/mol. The van der Waals surface area contributed by atoms with Crippen molar-refractivity contribution in [3.63, 3.8) is 0 Å². The zero-order chi connectivity index (χ0) is 25.1. The number of anilines is 1. The van der Waals surface area contributed by atoms with E-state index in [2.05, 4.69) is 4.99 Å². The van der Waals surface area contributed by atoms with Crippen molar-refractivity contribution >= 4 is 29.1 Å². The van der Waals surface area contributed by atoms with Gasteiger partial charge in [0.05, 0.1) is 35.1 Å². The second-order valence-corrected chi connectivity index (χ2v) is 9.30. The first-order chi connectivity index (χ1) is 16.8. The molecule has 2 heterocycles. The molecule has 4 rings (SSSR count). The molecule has 35 heavy (non-hydrogen) atoms. The Bertz CT molecular complexity index is 1430. The summed E-state index contributed by atoms with van der Waals surface area (Å²) in [4.78, 5) is 33.8. The zero-order valence-electron chi connectivity index (χ0n) is 20.6. The molecule has 0 bridgehead atoms. The quantitative estimate of drug-likeness (QED) is 0.475. The van der Waals surface area contributed by atoms with Crippen molar-refractivity contribution in [2.24, 2.45) is 4.99 Å². The van der Waals surface area contributed by atoms with Crippen LogP contribution in [0.4, 0.5) is 5.69 Å². The van der Waals surface area contributed by atoms with E-state index in [0.29, 0.717) is 27.2 Å². The van der Waals surface area contributed by atoms with Crippen LogP contribution in [0, 0.1) is 0 Å². The average Bonchev–Trinajstić information content (AvgIpc) is 3.13. The summed E-state index contributed by atoms with van der Waals surface area (Å²) < 4.78 is 13.1. The van der Waals surface area contributed by atoms with Crippen LogP contribution < -0.4 is 24.5 Å². The number of rotatable bonds is 7. The first kappa shape index (κ1) is 24.5. The van der Waals surface area contributed by atoms with Crippen molar-refractivity contribution in [1.82, 2.24) is 4.57 Å². The molecule has 3 aromatic rings. The molecule has 0 unspecified atom stereocenters. The second kappa shape index (κ2) is 10.3. The molecule has 0 amide bonds. The molecule has 0 saturated carbocycles. The average molecular weight is 492 g/mol. The predicted molar refractivity (Wildman–Crippen MR) is 139 cm³/mol. The maximum absolute atomic E-state index is 13.7. The number of carbonyl (C=O) groups excluding carboxylic acids is 1. The van der Waals surface area contributed by atoms with Gasteiger partial charge in [0.1, 0.15) is 5.75 Å². The number of thiazole rings is 1. The number of carbonyl (C=O) groups is 1. The summed E-state index contributed by atoms with van der Waals surface area (Å²) in [5.74, 6) is 0.254. The highest BCUT2D eigenvalue weighted by Gasteiger charge is 2.33. The van der Waals surface area contributed by atoms with E-state index in [1.807, 2.05) is 80.5 Å². The van der Waals surface area contributed by atoms with Gasteiger partial charge in [-0.05, 0) is 62.2 Å². The molecule has 1 atom stereocenters. The van der Waals surface area contributed by atoms with E-state index in [0.717, 1.165) is 22.6 Å². The summed E-state index contributed by atoms with van der Waals surface area (Å²) in [5, 5.41) is 0. The van der Waals surface area contributed by atoms with E-state index in [1.165, 1.54) is 11.3 Å². The minimum atomic E-state index is -0.640. The van der Waals surface area contributed by atoms with Crippen LogP contribution in [0.2, 0.25) is 0 Å². The van der Waals surface area contributed by atoms with E-state index in [-0.39, 0.29) is 12.2 Å². The van der Waals surface area contributed by atoms with Gasteiger partial charge in [-0.3, -0.25) is 9.36 Å². The normalized spacial score (nSPS) is 15.5. The minimum absolute atomic E-state index is 0.196. The maximum Gasteiger partial charge on any atom is 0.338 e. The number of allylic oxidation sites excluding steroid dienone is 1. The van der Waals surface area contributed by atoms with E-state index >= 15 is 0 Å². The third-order valence-corrected chi connectivity index (χ3v) is 6.71. The van der Waals surface area contributed by atoms with Gasteiger partial charge in [0.15, 0.2) is 4.80 Å². The third-order valence-electron chi connectivity index (χ3n) is 5.73. The van der Waals surface area contributed by atoms with Crippen molar-refractivity contribution in [2.75, 3.05) is 32.2 Å². The standard InChI is InChI=1S/C27H29N3O4S/c1-6-33-21-14-10-19(11-15-21)24-23(26(32)34-7-2)17(3)28-27-30(24)25(31)22(35-27)16-18-8-12-20(13-9-18)29(4)5/h8-16,24H,6-7H2,1-5H3/t24-/m1/s1. The first-order valence-corrected chi connectivity index (χ1v) is 12.4. The van der Waals surface area contributed by atoms with Crippen LogP contribution in [0.1, 0.15) is 37.9 Å². The third kappa shape index (κ3) is 4.93.